The third-order valence-electron chi connectivity index (χ3n) is 7.54. The Morgan fingerprint density at radius 3 is 2.02 bits per heavy atom. The maximum absolute atomic E-state index is 10.4. The predicted molar refractivity (Wildman–Crippen MR) is 168 cm³/mol. The van der Waals surface area contributed by atoms with Crippen molar-refractivity contribution < 1.29 is 5.11 Å². The first-order valence-corrected chi connectivity index (χ1v) is 13.7. The lowest BCUT2D eigenvalue weighted by Crippen LogP contribution is -2.20. The molecule has 4 heteroatoms. The number of hydrogen-bond donors (Lipinski definition) is 1. The number of aromatic hydroxyl groups is 1. The number of hydrogen-bond acceptors (Lipinski definition) is 4. The van der Waals surface area contributed by atoms with Crippen molar-refractivity contribution in [3.05, 3.63) is 157 Å². The zero-order chi connectivity index (χ0) is 28.2. The van der Waals surface area contributed by atoms with E-state index in [4.69, 9.17) is 9.97 Å². The SMILES string of the molecule is CC(C)(c1ccccc1)c1ccnc(N(c2ccccc2)c2cccc(-c3cccc(-c4ccccc4O)n3)c2)c1. The molecule has 0 saturated carbocycles. The fourth-order valence-electron chi connectivity index (χ4n) is 5.18. The minimum absolute atomic E-state index is 0.198. The van der Waals surface area contributed by atoms with Crippen molar-refractivity contribution in [1.82, 2.24) is 9.97 Å². The van der Waals surface area contributed by atoms with Crippen LogP contribution in [-0.2, 0) is 5.41 Å². The molecular weight excluding hydrogens is 502 g/mol. The number of anilines is 3. The Morgan fingerprint density at radius 2 is 1.24 bits per heavy atom. The fourth-order valence-corrected chi connectivity index (χ4v) is 5.18. The van der Waals surface area contributed by atoms with Gasteiger partial charge >= 0.3 is 0 Å². The van der Waals surface area contributed by atoms with Crippen molar-refractivity contribution in [1.29, 1.82) is 0 Å². The summed E-state index contributed by atoms with van der Waals surface area (Å²) in [5, 5.41) is 10.4. The van der Waals surface area contributed by atoms with Gasteiger partial charge in [-0.1, -0.05) is 92.7 Å². The molecule has 0 atom stereocenters. The van der Waals surface area contributed by atoms with Gasteiger partial charge in [0.2, 0.25) is 0 Å². The van der Waals surface area contributed by atoms with E-state index in [-0.39, 0.29) is 11.2 Å². The van der Waals surface area contributed by atoms with Gasteiger partial charge in [0.15, 0.2) is 0 Å². The van der Waals surface area contributed by atoms with Gasteiger partial charge in [-0.15, -0.1) is 0 Å². The van der Waals surface area contributed by atoms with Gasteiger partial charge in [0, 0.05) is 34.1 Å². The summed E-state index contributed by atoms with van der Waals surface area (Å²) in [6, 6.07) is 46.7. The van der Waals surface area contributed by atoms with Gasteiger partial charge in [-0.05, 0) is 71.8 Å². The summed E-state index contributed by atoms with van der Waals surface area (Å²) in [6.07, 6.45) is 1.90. The molecule has 41 heavy (non-hydrogen) atoms. The van der Waals surface area contributed by atoms with Crippen LogP contribution in [0.4, 0.5) is 17.2 Å². The number of phenolic OH excluding ortho intramolecular Hbond substituents is 1. The number of benzene rings is 4. The van der Waals surface area contributed by atoms with E-state index in [1.165, 1.54) is 11.1 Å². The quantitative estimate of drug-likeness (QED) is 0.222. The van der Waals surface area contributed by atoms with Crippen molar-refractivity contribution in [3.63, 3.8) is 0 Å². The normalized spacial score (nSPS) is 11.3. The molecule has 2 aromatic heterocycles. The lowest BCUT2D eigenvalue weighted by atomic mass is 9.78. The van der Waals surface area contributed by atoms with Crippen LogP contribution in [0, 0.1) is 0 Å². The molecule has 0 fully saturated rings. The second-order valence-corrected chi connectivity index (χ2v) is 10.5. The number of nitrogens with zero attached hydrogens (tertiary/aromatic N) is 3. The van der Waals surface area contributed by atoms with Gasteiger partial charge in [-0.25, -0.2) is 9.97 Å². The molecule has 4 nitrogen and oxygen atoms in total. The summed E-state index contributed by atoms with van der Waals surface area (Å²) in [5.74, 6) is 1.05. The Kier molecular flexibility index (Phi) is 7.05. The van der Waals surface area contributed by atoms with Gasteiger partial charge < -0.3 is 5.11 Å². The summed E-state index contributed by atoms with van der Waals surface area (Å²) in [4.78, 5) is 11.9. The van der Waals surface area contributed by atoms with E-state index in [1.54, 1.807) is 6.07 Å². The van der Waals surface area contributed by atoms with E-state index in [2.05, 4.69) is 91.5 Å². The molecule has 0 aliphatic rings. The van der Waals surface area contributed by atoms with Gasteiger partial charge in [0.25, 0.3) is 0 Å². The second kappa shape index (κ2) is 11.1. The molecule has 0 amide bonds. The minimum atomic E-state index is -0.198. The van der Waals surface area contributed by atoms with E-state index in [0.29, 0.717) is 5.56 Å². The Balaban J connectivity index is 1.44. The van der Waals surface area contributed by atoms with E-state index in [1.807, 2.05) is 66.9 Å². The molecule has 2 heterocycles. The first-order chi connectivity index (χ1) is 20.0. The number of rotatable bonds is 7. The molecule has 6 rings (SSSR count). The smallest absolute Gasteiger partial charge is 0.137 e. The highest BCUT2D eigenvalue weighted by Gasteiger charge is 2.25. The summed E-state index contributed by atoms with van der Waals surface area (Å²) in [5.41, 5.74) is 7.46. The summed E-state index contributed by atoms with van der Waals surface area (Å²) < 4.78 is 0. The average molecular weight is 534 g/mol. The fraction of sp³-hybridized carbons (Fsp3) is 0.0811. The van der Waals surface area contributed by atoms with Crippen LogP contribution in [-0.4, -0.2) is 15.1 Å². The van der Waals surface area contributed by atoms with Crippen molar-refractivity contribution >= 4 is 17.2 Å². The Labute approximate surface area is 241 Å². The lowest BCUT2D eigenvalue weighted by Gasteiger charge is -2.29. The molecule has 0 aliphatic heterocycles. The summed E-state index contributed by atoms with van der Waals surface area (Å²) >= 11 is 0. The maximum Gasteiger partial charge on any atom is 0.137 e. The number of pyridine rings is 2. The molecule has 4 aromatic carbocycles. The first kappa shape index (κ1) is 26.0. The molecular formula is C37H31N3O. The predicted octanol–water partition coefficient (Wildman–Crippen LogP) is 9.31. The van der Waals surface area contributed by atoms with Crippen LogP contribution < -0.4 is 4.90 Å². The standard InChI is InChI=1S/C37H31N3O/c1-37(2,28-14-5-3-6-15-28)29-23-24-38-36(26-29)40(30-16-7-4-8-17-30)31-18-11-13-27(25-31)33-20-12-21-34(39-33)32-19-9-10-22-35(32)41/h3-26,41H,1-2H3. The Morgan fingerprint density at radius 1 is 0.585 bits per heavy atom. The van der Waals surface area contributed by atoms with Crippen molar-refractivity contribution in [2.45, 2.75) is 19.3 Å². The zero-order valence-corrected chi connectivity index (χ0v) is 23.1. The Hall–Kier alpha value is -5.22. The lowest BCUT2D eigenvalue weighted by molar-refractivity contribution is 0.477. The maximum atomic E-state index is 10.4. The monoisotopic (exact) mass is 533 g/mol. The molecule has 6 aromatic rings. The highest BCUT2D eigenvalue weighted by atomic mass is 16.3. The van der Waals surface area contributed by atoms with Crippen molar-refractivity contribution in [2.24, 2.45) is 0 Å². The first-order valence-electron chi connectivity index (χ1n) is 13.7. The van der Waals surface area contributed by atoms with Crippen molar-refractivity contribution in [2.75, 3.05) is 4.90 Å². The van der Waals surface area contributed by atoms with E-state index < -0.39 is 0 Å². The Bertz CT molecular complexity index is 1780. The zero-order valence-electron chi connectivity index (χ0n) is 23.1. The number of aromatic nitrogens is 2. The van der Waals surface area contributed by atoms with Crippen LogP contribution in [0.15, 0.2) is 146 Å². The molecule has 0 saturated heterocycles. The third kappa shape index (κ3) is 5.32. The van der Waals surface area contributed by atoms with Crippen LogP contribution in [0.5, 0.6) is 5.75 Å². The van der Waals surface area contributed by atoms with Gasteiger partial charge in [-0.3, -0.25) is 4.90 Å². The molecule has 0 spiro atoms. The highest BCUT2D eigenvalue weighted by molar-refractivity contribution is 5.79. The average Bonchev–Trinajstić information content (AvgIpc) is 3.03. The van der Waals surface area contributed by atoms with Crippen LogP contribution in [0.1, 0.15) is 25.0 Å². The van der Waals surface area contributed by atoms with E-state index in [0.717, 1.165) is 34.1 Å². The highest BCUT2D eigenvalue weighted by Crippen LogP contribution is 2.38. The van der Waals surface area contributed by atoms with Crippen LogP contribution >= 0.6 is 0 Å². The topological polar surface area (TPSA) is 49.2 Å². The number of para-hydroxylation sites is 2. The van der Waals surface area contributed by atoms with Crippen LogP contribution in [0.2, 0.25) is 0 Å². The molecule has 1 N–H and O–H groups in total. The van der Waals surface area contributed by atoms with Crippen molar-refractivity contribution in [3.8, 4) is 28.3 Å². The van der Waals surface area contributed by atoms with Gasteiger partial charge in [-0.2, -0.15) is 0 Å². The largest absolute Gasteiger partial charge is 0.507 e. The minimum Gasteiger partial charge on any atom is -0.507 e. The molecule has 200 valence electrons. The molecule has 0 unspecified atom stereocenters. The molecule has 0 aliphatic carbocycles. The van der Waals surface area contributed by atoms with Gasteiger partial charge in [0.05, 0.1) is 11.4 Å². The summed E-state index contributed by atoms with van der Waals surface area (Å²) in [6.45, 7) is 4.50. The molecule has 0 radical (unpaired) electrons. The van der Waals surface area contributed by atoms with Crippen LogP contribution in [0.3, 0.4) is 0 Å². The van der Waals surface area contributed by atoms with E-state index >= 15 is 0 Å². The molecule has 0 bridgehead atoms. The van der Waals surface area contributed by atoms with Gasteiger partial charge in [0.1, 0.15) is 11.6 Å². The summed E-state index contributed by atoms with van der Waals surface area (Å²) in [7, 11) is 0. The number of phenols is 1. The third-order valence-corrected chi connectivity index (χ3v) is 7.54. The second-order valence-electron chi connectivity index (χ2n) is 10.5. The van der Waals surface area contributed by atoms with Crippen LogP contribution in [0.25, 0.3) is 22.5 Å². The van der Waals surface area contributed by atoms with E-state index in [9.17, 15) is 5.11 Å².